The third-order valence-corrected chi connectivity index (χ3v) is 8.21. The maximum absolute atomic E-state index is 12.6. The normalized spacial score (nSPS) is 17.2. The number of aromatic nitrogens is 1. The van der Waals surface area contributed by atoms with Gasteiger partial charge in [0.25, 0.3) is 5.91 Å². The number of carbonyl (C=O) groups is 3. The SMILES string of the molecule is CCOC(=O)Cn1c(=NC(=O)CS(=O)(=O)CC(=O)N2CCCCC2CC)sc2cc(Cl)ccc21. The Morgan fingerprint density at radius 3 is 2.68 bits per heavy atom. The van der Waals surface area contributed by atoms with Gasteiger partial charge < -0.3 is 14.2 Å². The highest BCUT2D eigenvalue weighted by atomic mass is 35.5. The third kappa shape index (κ3) is 6.67. The van der Waals surface area contributed by atoms with Gasteiger partial charge in [0.1, 0.15) is 18.1 Å². The molecular formula is C22H28ClN3O6S2. The Morgan fingerprint density at radius 1 is 1.21 bits per heavy atom. The van der Waals surface area contributed by atoms with Gasteiger partial charge in [0, 0.05) is 17.6 Å². The van der Waals surface area contributed by atoms with Crippen LogP contribution in [0, 0.1) is 0 Å². The van der Waals surface area contributed by atoms with Crippen molar-refractivity contribution in [1.82, 2.24) is 9.47 Å². The molecule has 1 fully saturated rings. The maximum atomic E-state index is 12.6. The zero-order chi connectivity index (χ0) is 24.9. The smallest absolute Gasteiger partial charge is 0.326 e. The van der Waals surface area contributed by atoms with Gasteiger partial charge in [0.2, 0.25) is 5.91 Å². The Morgan fingerprint density at radius 2 is 1.97 bits per heavy atom. The number of fused-ring (bicyclic) bond motifs is 1. The molecule has 0 spiro atoms. The number of benzene rings is 1. The number of rotatable bonds is 8. The van der Waals surface area contributed by atoms with Crippen LogP contribution in [0.2, 0.25) is 5.02 Å². The standard InChI is InChI=1S/C22H28ClN3O6S2/c1-3-16-7-5-6-10-25(16)20(28)14-34(30,31)13-19(27)24-22-26(12-21(29)32-4-2)17-9-8-15(23)11-18(17)33-22/h8-9,11,16H,3-7,10,12-14H2,1-2H3. The number of nitrogens with zero attached hydrogens (tertiary/aromatic N) is 3. The maximum Gasteiger partial charge on any atom is 0.326 e. The molecule has 2 aromatic rings. The number of hydrogen-bond donors (Lipinski definition) is 0. The minimum absolute atomic E-state index is 0.0315. The van der Waals surface area contributed by atoms with E-state index in [1.165, 1.54) is 4.57 Å². The van der Waals surface area contributed by atoms with E-state index in [1.807, 2.05) is 6.92 Å². The number of ether oxygens (including phenoxy) is 1. The van der Waals surface area contributed by atoms with Gasteiger partial charge in [-0.15, -0.1) is 0 Å². The second kappa shape index (κ2) is 11.5. The molecule has 1 saturated heterocycles. The van der Waals surface area contributed by atoms with Crippen molar-refractivity contribution in [2.75, 3.05) is 24.7 Å². The number of thiazole rings is 1. The van der Waals surface area contributed by atoms with E-state index >= 15 is 0 Å². The summed E-state index contributed by atoms with van der Waals surface area (Å²) in [5.41, 5.74) is 0.614. The Bertz CT molecular complexity index is 1250. The molecule has 1 atom stereocenters. The molecule has 0 N–H and O–H groups in total. The average Bonchev–Trinajstić information content (AvgIpc) is 3.08. The van der Waals surface area contributed by atoms with Gasteiger partial charge in [-0.05, 0) is 50.8 Å². The van der Waals surface area contributed by atoms with Crippen LogP contribution in [0.3, 0.4) is 0 Å². The van der Waals surface area contributed by atoms with Gasteiger partial charge in [-0.3, -0.25) is 14.4 Å². The van der Waals surface area contributed by atoms with Crippen LogP contribution < -0.4 is 4.80 Å². The molecule has 1 aliphatic heterocycles. The molecule has 0 bridgehead atoms. The van der Waals surface area contributed by atoms with Crippen molar-refractivity contribution in [3.05, 3.63) is 28.0 Å². The van der Waals surface area contributed by atoms with Crippen molar-refractivity contribution >= 4 is 60.8 Å². The van der Waals surface area contributed by atoms with Crippen LogP contribution in [0.1, 0.15) is 39.5 Å². The van der Waals surface area contributed by atoms with E-state index in [4.69, 9.17) is 16.3 Å². The Hall–Kier alpha value is -2.24. The van der Waals surface area contributed by atoms with Crippen molar-refractivity contribution in [2.45, 2.75) is 52.1 Å². The summed E-state index contributed by atoms with van der Waals surface area (Å²) in [6, 6.07) is 5.04. The Balaban J connectivity index is 1.82. The molecule has 1 aliphatic rings. The molecule has 2 heterocycles. The summed E-state index contributed by atoms with van der Waals surface area (Å²) in [5, 5.41) is 0.471. The lowest BCUT2D eigenvalue weighted by Gasteiger charge is -2.35. The first-order chi connectivity index (χ1) is 16.1. The lowest BCUT2D eigenvalue weighted by atomic mass is 10.0. The number of hydrogen-bond acceptors (Lipinski definition) is 7. The quantitative estimate of drug-likeness (QED) is 0.485. The summed E-state index contributed by atoms with van der Waals surface area (Å²) in [6.45, 7) is 4.18. The summed E-state index contributed by atoms with van der Waals surface area (Å²) < 4.78 is 32.4. The van der Waals surface area contributed by atoms with E-state index in [2.05, 4.69) is 4.99 Å². The molecule has 3 rings (SSSR count). The van der Waals surface area contributed by atoms with Gasteiger partial charge in [0.15, 0.2) is 14.6 Å². The van der Waals surface area contributed by atoms with E-state index in [0.29, 0.717) is 21.8 Å². The van der Waals surface area contributed by atoms with Crippen molar-refractivity contribution in [3.8, 4) is 0 Å². The minimum atomic E-state index is -4.01. The highest BCUT2D eigenvalue weighted by molar-refractivity contribution is 7.92. The molecule has 9 nitrogen and oxygen atoms in total. The summed E-state index contributed by atoms with van der Waals surface area (Å²) in [5.74, 6) is -3.52. The molecule has 12 heteroatoms. The van der Waals surface area contributed by atoms with Crippen LogP contribution >= 0.6 is 22.9 Å². The zero-order valence-electron chi connectivity index (χ0n) is 19.2. The Labute approximate surface area is 207 Å². The predicted molar refractivity (Wildman–Crippen MR) is 130 cm³/mol. The second-order valence-corrected chi connectivity index (χ2v) is 11.6. The third-order valence-electron chi connectivity index (χ3n) is 5.56. The van der Waals surface area contributed by atoms with Crippen molar-refractivity contribution in [2.24, 2.45) is 4.99 Å². The first-order valence-corrected chi connectivity index (χ1v) is 14.2. The largest absolute Gasteiger partial charge is 0.465 e. The highest BCUT2D eigenvalue weighted by Gasteiger charge is 2.29. The van der Waals surface area contributed by atoms with E-state index in [0.717, 1.165) is 37.0 Å². The predicted octanol–water partition coefficient (Wildman–Crippen LogP) is 2.55. The van der Waals surface area contributed by atoms with Crippen molar-refractivity contribution in [1.29, 1.82) is 0 Å². The fraction of sp³-hybridized carbons (Fsp3) is 0.545. The molecule has 1 aromatic heterocycles. The summed E-state index contributed by atoms with van der Waals surface area (Å²) in [4.78, 5) is 43.1. The zero-order valence-corrected chi connectivity index (χ0v) is 21.5. The van der Waals surface area contributed by atoms with Gasteiger partial charge in [-0.1, -0.05) is 29.9 Å². The lowest BCUT2D eigenvalue weighted by Crippen LogP contribution is -2.46. The van der Waals surface area contributed by atoms with Gasteiger partial charge in [-0.25, -0.2) is 8.42 Å². The molecule has 186 valence electrons. The first kappa shape index (κ1) is 26.4. The number of sulfone groups is 1. The minimum Gasteiger partial charge on any atom is -0.465 e. The van der Waals surface area contributed by atoms with Gasteiger partial charge in [-0.2, -0.15) is 4.99 Å². The van der Waals surface area contributed by atoms with Crippen molar-refractivity contribution < 1.29 is 27.5 Å². The fourth-order valence-electron chi connectivity index (χ4n) is 4.02. The number of likely N-dealkylation sites (tertiary alicyclic amines) is 1. The number of carbonyl (C=O) groups excluding carboxylic acids is 3. The van der Waals surface area contributed by atoms with E-state index in [9.17, 15) is 22.8 Å². The van der Waals surface area contributed by atoms with Crippen LogP contribution in [0.5, 0.6) is 0 Å². The molecular weight excluding hydrogens is 502 g/mol. The summed E-state index contributed by atoms with van der Waals surface area (Å²) >= 11 is 7.16. The highest BCUT2D eigenvalue weighted by Crippen LogP contribution is 2.22. The van der Waals surface area contributed by atoms with Crippen LogP contribution in [0.4, 0.5) is 0 Å². The Kier molecular flexibility index (Phi) is 8.89. The van der Waals surface area contributed by atoms with Crippen LogP contribution in [0.15, 0.2) is 23.2 Å². The van der Waals surface area contributed by atoms with E-state index in [1.54, 1.807) is 30.0 Å². The van der Waals surface area contributed by atoms with Crippen LogP contribution in [-0.4, -0.2) is 66.4 Å². The number of esters is 1. The molecule has 1 unspecified atom stereocenters. The van der Waals surface area contributed by atoms with Gasteiger partial charge in [0.05, 0.1) is 16.8 Å². The fourth-order valence-corrected chi connectivity index (χ4v) is 6.43. The topological polar surface area (TPSA) is 115 Å². The molecule has 0 aliphatic carbocycles. The first-order valence-electron chi connectivity index (χ1n) is 11.2. The summed E-state index contributed by atoms with van der Waals surface area (Å²) in [7, 11) is -4.01. The monoisotopic (exact) mass is 529 g/mol. The van der Waals surface area contributed by atoms with E-state index < -0.39 is 39.1 Å². The molecule has 0 radical (unpaired) electrons. The molecule has 34 heavy (non-hydrogen) atoms. The van der Waals surface area contributed by atoms with Crippen LogP contribution in [-0.2, 0) is 35.5 Å². The summed E-state index contributed by atoms with van der Waals surface area (Å²) in [6.07, 6.45) is 3.47. The lowest BCUT2D eigenvalue weighted by molar-refractivity contribution is -0.143. The van der Waals surface area contributed by atoms with Gasteiger partial charge >= 0.3 is 5.97 Å². The average molecular weight is 530 g/mol. The number of amides is 2. The molecule has 2 amide bonds. The molecule has 1 aromatic carbocycles. The van der Waals surface area contributed by atoms with Crippen molar-refractivity contribution in [3.63, 3.8) is 0 Å². The second-order valence-electron chi connectivity index (χ2n) is 8.07. The number of halogens is 1. The number of piperidine rings is 1. The molecule has 0 saturated carbocycles. The van der Waals surface area contributed by atoms with E-state index in [-0.39, 0.29) is 24.0 Å². The van der Waals surface area contributed by atoms with Crippen LogP contribution in [0.25, 0.3) is 10.2 Å².